The molecule has 0 aromatic heterocycles. The summed E-state index contributed by atoms with van der Waals surface area (Å²) in [5.41, 5.74) is -0.435. The molecule has 0 aromatic rings. The van der Waals surface area contributed by atoms with Crippen LogP contribution < -0.4 is 10.6 Å². The quantitative estimate of drug-likeness (QED) is 0.381. The van der Waals surface area contributed by atoms with Crippen LogP contribution in [-0.2, 0) is 4.74 Å². The zero-order valence-electron chi connectivity index (χ0n) is 16.1. The van der Waals surface area contributed by atoms with Gasteiger partial charge in [-0.15, -0.1) is 24.0 Å². The third-order valence-electron chi connectivity index (χ3n) is 4.65. The van der Waals surface area contributed by atoms with E-state index in [4.69, 9.17) is 4.74 Å². The highest BCUT2D eigenvalue weighted by atomic mass is 127. The second kappa shape index (κ2) is 10.4. The number of aliphatic imine (C=N–C) groups is 1. The average molecular weight is 466 g/mol. The van der Waals surface area contributed by atoms with Crippen molar-refractivity contribution < 1.29 is 9.53 Å². The van der Waals surface area contributed by atoms with Crippen molar-refractivity contribution in [3.05, 3.63) is 0 Å². The molecule has 1 unspecified atom stereocenters. The smallest absolute Gasteiger partial charge is 0.410 e. The van der Waals surface area contributed by atoms with Gasteiger partial charge in [-0.05, 0) is 52.4 Å². The van der Waals surface area contributed by atoms with E-state index in [1.165, 1.54) is 25.7 Å². The van der Waals surface area contributed by atoms with E-state index in [9.17, 15) is 4.79 Å². The van der Waals surface area contributed by atoms with Gasteiger partial charge in [0.15, 0.2) is 5.96 Å². The topological polar surface area (TPSA) is 66.0 Å². The van der Waals surface area contributed by atoms with Gasteiger partial charge in [-0.25, -0.2) is 4.79 Å². The molecule has 2 rings (SSSR count). The minimum absolute atomic E-state index is 0. The number of piperidine rings is 1. The van der Waals surface area contributed by atoms with Gasteiger partial charge in [-0.1, -0.05) is 12.8 Å². The highest BCUT2D eigenvalue weighted by molar-refractivity contribution is 14.0. The minimum atomic E-state index is -0.435. The molecule has 2 N–H and O–H groups in total. The van der Waals surface area contributed by atoms with Crippen LogP contribution in [0.25, 0.3) is 0 Å². The maximum Gasteiger partial charge on any atom is 0.410 e. The monoisotopic (exact) mass is 466 g/mol. The average Bonchev–Trinajstić information content (AvgIpc) is 3.03. The molecule has 1 aliphatic heterocycles. The first-order valence-corrected chi connectivity index (χ1v) is 9.32. The van der Waals surface area contributed by atoms with Gasteiger partial charge in [-0.3, -0.25) is 4.99 Å². The molecule has 25 heavy (non-hydrogen) atoms. The van der Waals surface area contributed by atoms with Gasteiger partial charge in [0.2, 0.25) is 0 Å². The van der Waals surface area contributed by atoms with Crippen LogP contribution in [0.4, 0.5) is 4.79 Å². The number of amides is 1. The van der Waals surface area contributed by atoms with E-state index < -0.39 is 5.60 Å². The van der Waals surface area contributed by atoms with Gasteiger partial charge in [0.1, 0.15) is 5.60 Å². The van der Waals surface area contributed by atoms with E-state index in [0.717, 1.165) is 38.4 Å². The summed E-state index contributed by atoms with van der Waals surface area (Å²) >= 11 is 0. The minimum Gasteiger partial charge on any atom is -0.444 e. The zero-order chi connectivity index (χ0) is 17.6. The maximum absolute atomic E-state index is 12.2. The van der Waals surface area contributed by atoms with Crippen LogP contribution in [0.15, 0.2) is 4.99 Å². The Morgan fingerprint density at radius 2 is 1.88 bits per heavy atom. The van der Waals surface area contributed by atoms with Crippen LogP contribution in [0.3, 0.4) is 0 Å². The van der Waals surface area contributed by atoms with Gasteiger partial charge in [0.05, 0.1) is 0 Å². The lowest BCUT2D eigenvalue weighted by molar-refractivity contribution is 0.0168. The molecule has 1 heterocycles. The SMILES string of the molecule is CN=C(NCC1CCCN(C(=O)OC(C)(C)C)C1)NC1CCCC1.I. The third-order valence-corrected chi connectivity index (χ3v) is 4.65. The largest absolute Gasteiger partial charge is 0.444 e. The van der Waals surface area contributed by atoms with Crippen molar-refractivity contribution in [2.24, 2.45) is 10.9 Å². The molecule has 2 aliphatic rings. The fraction of sp³-hybridized carbons (Fsp3) is 0.889. The second-order valence-corrected chi connectivity index (χ2v) is 8.01. The Balaban J connectivity index is 0.00000312. The van der Waals surface area contributed by atoms with Crippen molar-refractivity contribution in [3.63, 3.8) is 0 Å². The number of carbonyl (C=O) groups excluding carboxylic acids is 1. The van der Waals surface area contributed by atoms with Gasteiger partial charge in [0, 0.05) is 32.7 Å². The summed E-state index contributed by atoms with van der Waals surface area (Å²) in [5, 5.41) is 6.94. The molecule has 146 valence electrons. The molecule has 7 heteroatoms. The Kier molecular flexibility index (Phi) is 9.30. The Bertz CT molecular complexity index is 445. The first-order chi connectivity index (χ1) is 11.4. The molecule has 0 radical (unpaired) electrons. The van der Waals surface area contributed by atoms with Crippen molar-refractivity contribution in [2.75, 3.05) is 26.7 Å². The Labute approximate surface area is 169 Å². The lowest BCUT2D eigenvalue weighted by atomic mass is 9.98. The summed E-state index contributed by atoms with van der Waals surface area (Å²) in [6, 6.07) is 0.556. The highest BCUT2D eigenvalue weighted by Crippen LogP contribution is 2.19. The molecular formula is C18H35IN4O2. The molecule has 1 amide bonds. The number of guanidine groups is 1. The fourth-order valence-electron chi connectivity index (χ4n) is 3.42. The summed E-state index contributed by atoms with van der Waals surface area (Å²) in [4.78, 5) is 18.4. The van der Waals surface area contributed by atoms with Crippen molar-refractivity contribution in [1.82, 2.24) is 15.5 Å². The molecule has 1 aliphatic carbocycles. The predicted molar refractivity (Wildman–Crippen MR) is 113 cm³/mol. The molecule has 1 saturated heterocycles. The lowest BCUT2D eigenvalue weighted by Gasteiger charge is -2.34. The second-order valence-electron chi connectivity index (χ2n) is 8.01. The van der Waals surface area contributed by atoms with E-state index in [2.05, 4.69) is 15.6 Å². The number of nitrogens with one attached hydrogen (secondary N) is 2. The number of halogens is 1. The number of nitrogens with zero attached hydrogens (tertiary/aromatic N) is 2. The van der Waals surface area contributed by atoms with Crippen LogP contribution in [0.1, 0.15) is 59.3 Å². The van der Waals surface area contributed by atoms with Crippen LogP contribution >= 0.6 is 24.0 Å². The summed E-state index contributed by atoms with van der Waals surface area (Å²) < 4.78 is 5.49. The van der Waals surface area contributed by atoms with Crippen LogP contribution in [0.2, 0.25) is 0 Å². The first-order valence-electron chi connectivity index (χ1n) is 9.32. The highest BCUT2D eigenvalue weighted by Gasteiger charge is 2.27. The Morgan fingerprint density at radius 3 is 2.48 bits per heavy atom. The first kappa shape index (κ1) is 22.3. The molecule has 0 spiro atoms. The van der Waals surface area contributed by atoms with Crippen LogP contribution in [0.5, 0.6) is 0 Å². The molecule has 1 saturated carbocycles. The Hall–Kier alpha value is -0.730. The van der Waals surface area contributed by atoms with E-state index in [0.29, 0.717) is 12.0 Å². The normalized spacial score (nSPS) is 22.3. The summed E-state index contributed by atoms with van der Waals surface area (Å²) in [7, 11) is 1.82. The van der Waals surface area contributed by atoms with Gasteiger partial charge in [0.25, 0.3) is 0 Å². The van der Waals surface area contributed by atoms with Crippen molar-refractivity contribution in [3.8, 4) is 0 Å². The number of likely N-dealkylation sites (tertiary alicyclic amines) is 1. The van der Waals surface area contributed by atoms with E-state index >= 15 is 0 Å². The summed E-state index contributed by atoms with van der Waals surface area (Å²) in [6.45, 7) is 8.11. The molecular weight excluding hydrogens is 431 g/mol. The Morgan fingerprint density at radius 1 is 1.20 bits per heavy atom. The number of carbonyl (C=O) groups is 1. The number of hydrogen-bond donors (Lipinski definition) is 2. The number of ether oxygens (including phenoxy) is 1. The van der Waals surface area contributed by atoms with Gasteiger partial charge >= 0.3 is 6.09 Å². The zero-order valence-corrected chi connectivity index (χ0v) is 18.5. The molecule has 0 aromatic carbocycles. The fourth-order valence-corrected chi connectivity index (χ4v) is 3.42. The van der Waals surface area contributed by atoms with E-state index in [-0.39, 0.29) is 30.1 Å². The third kappa shape index (κ3) is 8.00. The van der Waals surface area contributed by atoms with Gasteiger partial charge < -0.3 is 20.3 Å². The van der Waals surface area contributed by atoms with E-state index in [1.807, 2.05) is 32.7 Å². The number of hydrogen-bond acceptors (Lipinski definition) is 3. The summed E-state index contributed by atoms with van der Waals surface area (Å²) in [6.07, 6.45) is 7.05. The number of rotatable bonds is 3. The molecule has 0 bridgehead atoms. The van der Waals surface area contributed by atoms with Crippen molar-refractivity contribution in [2.45, 2.75) is 70.9 Å². The van der Waals surface area contributed by atoms with E-state index in [1.54, 1.807) is 0 Å². The van der Waals surface area contributed by atoms with Crippen LogP contribution in [0, 0.1) is 5.92 Å². The molecule has 2 fully saturated rings. The van der Waals surface area contributed by atoms with Crippen LogP contribution in [-0.4, -0.2) is 55.3 Å². The lowest BCUT2D eigenvalue weighted by Crippen LogP contribution is -2.48. The predicted octanol–water partition coefficient (Wildman–Crippen LogP) is 3.36. The van der Waals surface area contributed by atoms with Crippen molar-refractivity contribution in [1.29, 1.82) is 0 Å². The molecule has 1 atom stereocenters. The maximum atomic E-state index is 12.2. The summed E-state index contributed by atoms with van der Waals surface area (Å²) in [5.74, 6) is 1.32. The standard InChI is InChI=1S/C18H34N4O2.HI/c1-18(2,3)24-17(23)22-11-7-8-14(13-22)12-20-16(19-4)21-15-9-5-6-10-15;/h14-15H,5-13H2,1-4H3,(H2,19,20,21);1H. The van der Waals surface area contributed by atoms with Gasteiger partial charge in [-0.2, -0.15) is 0 Å². The molecule has 6 nitrogen and oxygen atoms in total. The van der Waals surface area contributed by atoms with Crippen molar-refractivity contribution >= 4 is 36.0 Å².